The lowest BCUT2D eigenvalue weighted by atomic mass is 9.85. The highest BCUT2D eigenvalue weighted by molar-refractivity contribution is 5.33. The van der Waals surface area contributed by atoms with Gasteiger partial charge < -0.3 is 15.2 Å². The highest BCUT2D eigenvalue weighted by atomic mass is 16.5. The second-order valence-electron chi connectivity index (χ2n) is 6.20. The third kappa shape index (κ3) is 5.68. The summed E-state index contributed by atoms with van der Waals surface area (Å²) in [5.41, 5.74) is 1.17. The van der Waals surface area contributed by atoms with Gasteiger partial charge in [-0.05, 0) is 25.3 Å². The van der Waals surface area contributed by atoms with Crippen molar-refractivity contribution in [2.45, 2.75) is 58.0 Å². The summed E-state index contributed by atoms with van der Waals surface area (Å²) in [6.07, 6.45) is 8.34. The third-order valence-electron chi connectivity index (χ3n) is 4.37. The number of nitrogens with one attached hydrogen (secondary N) is 1. The van der Waals surface area contributed by atoms with Crippen molar-refractivity contribution < 1.29 is 9.84 Å². The van der Waals surface area contributed by atoms with Crippen LogP contribution >= 0.6 is 0 Å². The van der Waals surface area contributed by atoms with E-state index in [1.165, 1.54) is 44.1 Å². The van der Waals surface area contributed by atoms with Crippen molar-refractivity contribution in [1.29, 1.82) is 0 Å². The van der Waals surface area contributed by atoms with Crippen molar-refractivity contribution in [2.24, 2.45) is 5.92 Å². The average Bonchev–Trinajstić information content (AvgIpc) is 2.52. The van der Waals surface area contributed by atoms with Gasteiger partial charge >= 0.3 is 0 Å². The Bertz CT molecular complexity index is 402. The van der Waals surface area contributed by atoms with Gasteiger partial charge in [-0.1, -0.05) is 50.3 Å². The van der Waals surface area contributed by atoms with Gasteiger partial charge in [0.2, 0.25) is 0 Å². The first kappa shape index (κ1) is 16.3. The molecule has 1 saturated carbocycles. The number of hydrogen-bond donors (Lipinski definition) is 2. The summed E-state index contributed by atoms with van der Waals surface area (Å²) in [5, 5.41) is 12.5. The molecule has 1 aliphatic rings. The van der Waals surface area contributed by atoms with E-state index in [4.69, 9.17) is 9.84 Å². The zero-order valence-corrected chi connectivity index (χ0v) is 13.2. The Morgan fingerprint density at radius 1 is 1.24 bits per heavy atom. The van der Waals surface area contributed by atoms with Crippen molar-refractivity contribution in [3.63, 3.8) is 0 Å². The van der Waals surface area contributed by atoms with E-state index >= 15 is 0 Å². The first-order chi connectivity index (χ1) is 10.3. The molecule has 2 rings (SSSR count). The minimum atomic E-state index is 0.0554. The van der Waals surface area contributed by atoms with Crippen LogP contribution in [-0.4, -0.2) is 24.4 Å². The van der Waals surface area contributed by atoms with Crippen LogP contribution in [0.15, 0.2) is 24.3 Å². The highest BCUT2D eigenvalue weighted by Gasteiger charge is 2.16. The minimum Gasteiger partial charge on any atom is -0.491 e. The lowest BCUT2D eigenvalue weighted by molar-refractivity contribution is 0.200. The lowest BCUT2D eigenvalue weighted by Crippen LogP contribution is -2.28. The molecule has 0 saturated heterocycles. The molecule has 0 radical (unpaired) electrons. The van der Waals surface area contributed by atoms with Crippen LogP contribution in [0.4, 0.5) is 0 Å². The number of aliphatic hydroxyl groups is 1. The summed E-state index contributed by atoms with van der Waals surface area (Å²) >= 11 is 0. The monoisotopic (exact) mass is 291 g/mol. The standard InChI is InChI=1S/C18H29NO2/c1-15(13-16-7-3-2-4-8-16)19-14-17-9-5-6-10-18(17)21-12-11-20/h5-6,9-10,15-16,19-20H,2-4,7-8,11-14H2,1H3. The quantitative estimate of drug-likeness (QED) is 0.770. The van der Waals surface area contributed by atoms with E-state index in [1.54, 1.807) is 0 Å². The van der Waals surface area contributed by atoms with Gasteiger partial charge in [-0.25, -0.2) is 0 Å². The number of ether oxygens (including phenoxy) is 1. The Hall–Kier alpha value is -1.06. The molecular formula is C18H29NO2. The normalized spacial score (nSPS) is 17.6. The molecular weight excluding hydrogens is 262 g/mol. The third-order valence-corrected chi connectivity index (χ3v) is 4.37. The van der Waals surface area contributed by atoms with Crippen LogP contribution in [-0.2, 0) is 6.54 Å². The zero-order chi connectivity index (χ0) is 14.9. The molecule has 21 heavy (non-hydrogen) atoms. The van der Waals surface area contributed by atoms with Gasteiger partial charge in [0, 0.05) is 18.2 Å². The molecule has 1 unspecified atom stereocenters. The Kier molecular flexibility index (Phi) is 7.04. The molecule has 3 nitrogen and oxygen atoms in total. The van der Waals surface area contributed by atoms with Gasteiger partial charge in [-0.15, -0.1) is 0 Å². The van der Waals surface area contributed by atoms with Crippen molar-refractivity contribution >= 4 is 0 Å². The minimum absolute atomic E-state index is 0.0554. The fraction of sp³-hybridized carbons (Fsp3) is 0.667. The molecule has 118 valence electrons. The number of rotatable bonds is 8. The number of benzene rings is 1. The molecule has 2 N–H and O–H groups in total. The van der Waals surface area contributed by atoms with E-state index < -0.39 is 0 Å². The van der Waals surface area contributed by atoms with E-state index in [0.717, 1.165) is 18.2 Å². The molecule has 0 heterocycles. The summed E-state index contributed by atoms with van der Waals surface area (Å²) in [5.74, 6) is 1.78. The first-order valence-electron chi connectivity index (χ1n) is 8.34. The Morgan fingerprint density at radius 2 is 2.00 bits per heavy atom. The van der Waals surface area contributed by atoms with E-state index in [2.05, 4.69) is 18.3 Å². The maximum absolute atomic E-state index is 8.88. The van der Waals surface area contributed by atoms with E-state index in [1.807, 2.05) is 18.2 Å². The summed E-state index contributed by atoms with van der Waals surface area (Å²) in [6, 6.07) is 8.61. The molecule has 0 aliphatic heterocycles. The van der Waals surface area contributed by atoms with Crippen LogP contribution in [0.25, 0.3) is 0 Å². The molecule has 3 heteroatoms. The molecule has 1 aliphatic carbocycles. The second kappa shape index (κ2) is 9.06. The second-order valence-corrected chi connectivity index (χ2v) is 6.20. The van der Waals surface area contributed by atoms with Crippen LogP contribution in [0, 0.1) is 5.92 Å². The van der Waals surface area contributed by atoms with E-state index in [9.17, 15) is 0 Å². The number of aliphatic hydroxyl groups excluding tert-OH is 1. The lowest BCUT2D eigenvalue weighted by Gasteiger charge is -2.25. The molecule has 1 aromatic carbocycles. The van der Waals surface area contributed by atoms with Crippen LogP contribution in [0.2, 0.25) is 0 Å². The van der Waals surface area contributed by atoms with Gasteiger partial charge in [0.15, 0.2) is 0 Å². The van der Waals surface area contributed by atoms with Gasteiger partial charge in [0.05, 0.1) is 6.61 Å². The topological polar surface area (TPSA) is 41.5 Å². The Morgan fingerprint density at radius 3 is 2.76 bits per heavy atom. The molecule has 0 aromatic heterocycles. The summed E-state index contributed by atoms with van der Waals surface area (Å²) < 4.78 is 5.58. The largest absolute Gasteiger partial charge is 0.491 e. The van der Waals surface area contributed by atoms with Gasteiger partial charge in [0.1, 0.15) is 12.4 Å². The van der Waals surface area contributed by atoms with Crippen LogP contribution in [0.5, 0.6) is 5.75 Å². The van der Waals surface area contributed by atoms with Crippen LogP contribution < -0.4 is 10.1 Å². The summed E-state index contributed by atoms with van der Waals surface area (Å²) in [6.45, 7) is 3.52. The van der Waals surface area contributed by atoms with Gasteiger partial charge in [-0.2, -0.15) is 0 Å². The summed E-state index contributed by atoms with van der Waals surface area (Å²) in [4.78, 5) is 0. The summed E-state index contributed by atoms with van der Waals surface area (Å²) in [7, 11) is 0. The van der Waals surface area contributed by atoms with Crippen molar-refractivity contribution in [2.75, 3.05) is 13.2 Å². The van der Waals surface area contributed by atoms with Gasteiger partial charge in [-0.3, -0.25) is 0 Å². The van der Waals surface area contributed by atoms with Crippen molar-refractivity contribution in [3.8, 4) is 5.75 Å². The number of para-hydroxylation sites is 1. The fourth-order valence-electron chi connectivity index (χ4n) is 3.24. The van der Waals surface area contributed by atoms with Crippen molar-refractivity contribution in [1.82, 2.24) is 5.32 Å². The predicted octanol–water partition coefficient (Wildman–Crippen LogP) is 3.51. The number of hydrogen-bond acceptors (Lipinski definition) is 3. The molecule has 1 atom stereocenters. The Labute approximate surface area is 128 Å². The molecule has 1 fully saturated rings. The molecule has 0 bridgehead atoms. The van der Waals surface area contributed by atoms with Crippen LogP contribution in [0.3, 0.4) is 0 Å². The SMILES string of the molecule is CC(CC1CCCCC1)NCc1ccccc1OCCO. The fourth-order valence-corrected chi connectivity index (χ4v) is 3.24. The van der Waals surface area contributed by atoms with E-state index in [-0.39, 0.29) is 6.61 Å². The molecule has 0 amide bonds. The zero-order valence-electron chi connectivity index (χ0n) is 13.2. The molecule has 0 spiro atoms. The maximum Gasteiger partial charge on any atom is 0.123 e. The van der Waals surface area contributed by atoms with Gasteiger partial charge in [0.25, 0.3) is 0 Å². The van der Waals surface area contributed by atoms with Crippen LogP contribution in [0.1, 0.15) is 51.0 Å². The molecule has 1 aromatic rings. The first-order valence-corrected chi connectivity index (χ1v) is 8.34. The smallest absolute Gasteiger partial charge is 0.123 e. The highest BCUT2D eigenvalue weighted by Crippen LogP contribution is 2.27. The maximum atomic E-state index is 8.88. The Balaban J connectivity index is 1.78. The van der Waals surface area contributed by atoms with Crippen molar-refractivity contribution in [3.05, 3.63) is 29.8 Å². The average molecular weight is 291 g/mol. The predicted molar refractivity (Wildman–Crippen MR) is 86.5 cm³/mol. The van der Waals surface area contributed by atoms with E-state index in [0.29, 0.717) is 12.6 Å².